The van der Waals surface area contributed by atoms with Crippen LogP contribution in [0.2, 0.25) is 0 Å². The summed E-state index contributed by atoms with van der Waals surface area (Å²) < 4.78 is 61.8. The molecule has 2 aliphatic heterocycles. The molecule has 2 heterocycles. The Balaban J connectivity index is 1.09. The molecule has 2 unspecified atom stereocenters. The summed E-state index contributed by atoms with van der Waals surface area (Å²) in [7, 11) is 1.64. The van der Waals surface area contributed by atoms with Gasteiger partial charge in [-0.1, -0.05) is 48.5 Å². The lowest BCUT2D eigenvalue weighted by Crippen LogP contribution is -2.47. The number of hydrogen-bond acceptors (Lipinski definition) is 8. The molecule has 2 aliphatic rings. The SMILES string of the molecule is COCCCN1C(=O)COc2ccc(COC3CN(C(=O)OCc4ccccc4)CCC3c3ccc(OCCOCc4cc(F)ccc4F)cc3)cc21. The number of hydrogen-bond donors (Lipinski definition) is 0. The third-order valence-electron chi connectivity index (χ3n) is 9.25. The maximum atomic E-state index is 13.9. The van der Waals surface area contributed by atoms with E-state index in [2.05, 4.69) is 0 Å². The highest BCUT2D eigenvalue weighted by atomic mass is 19.1. The number of anilines is 1. The van der Waals surface area contributed by atoms with E-state index in [0.717, 1.165) is 34.9 Å². The van der Waals surface area contributed by atoms with Crippen molar-refractivity contribution < 1.29 is 46.8 Å². The van der Waals surface area contributed by atoms with Gasteiger partial charge in [0.05, 0.1) is 38.2 Å². The average Bonchev–Trinajstić information content (AvgIpc) is 3.18. The van der Waals surface area contributed by atoms with Crippen molar-refractivity contribution in [3.8, 4) is 11.5 Å². The summed E-state index contributed by atoms with van der Waals surface area (Å²) in [6.45, 7) is 2.66. The van der Waals surface area contributed by atoms with E-state index < -0.39 is 17.7 Å². The minimum absolute atomic E-state index is 0.00874. The Hall–Kier alpha value is -5.04. The average molecular weight is 731 g/mol. The van der Waals surface area contributed by atoms with Crippen LogP contribution in [0.15, 0.2) is 91.0 Å². The molecule has 0 radical (unpaired) electrons. The topological polar surface area (TPSA) is 96.0 Å². The molecule has 0 spiro atoms. The van der Waals surface area contributed by atoms with Gasteiger partial charge in [0.25, 0.3) is 5.91 Å². The normalized spacial score (nSPS) is 16.9. The van der Waals surface area contributed by atoms with Crippen LogP contribution < -0.4 is 14.4 Å². The first-order valence-corrected chi connectivity index (χ1v) is 17.7. The number of likely N-dealkylation sites (tertiary alicyclic amines) is 1. The molecule has 4 aromatic rings. The van der Waals surface area contributed by atoms with E-state index in [1.807, 2.05) is 72.8 Å². The van der Waals surface area contributed by atoms with Gasteiger partial charge in [-0.25, -0.2) is 13.6 Å². The number of rotatable bonds is 16. The number of piperidine rings is 1. The van der Waals surface area contributed by atoms with Gasteiger partial charge < -0.3 is 38.2 Å². The van der Waals surface area contributed by atoms with Crippen LogP contribution in [0.1, 0.15) is 41.0 Å². The van der Waals surface area contributed by atoms with Gasteiger partial charge >= 0.3 is 6.09 Å². The molecule has 2 atom stereocenters. The van der Waals surface area contributed by atoms with E-state index in [4.69, 9.17) is 28.4 Å². The fourth-order valence-corrected chi connectivity index (χ4v) is 6.46. The summed E-state index contributed by atoms with van der Waals surface area (Å²) in [4.78, 5) is 29.4. The van der Waals surface area contributed by atoms with Crippen LogP contribution in [0, 0.1) is 11.6 Å². The number of ether oxygens (including phenoxy) is 6. The van der Waals surface area contributed by atoms with Gasteiger partial charge in [-0.3, -0.25) is 4.79 Å². The molecular weight excluding hydrogens is 686 g/mol. The number of carbonyl (C=O) groups excluding carboxylic acids is 2. The second-order valence-electron chi connectivity index (χ2n) is 12.9. The molecule has 10 nitrogen and oxygen atoms in total. The van der Waals surface area contributed by atoms with Gasteiger partial charge in [0.1, 0.15) is 36.3 Å². The minimum Gasteiger partial charge on any atom is -0.491 e. The van der Waals surface area contributed by atoms with Crippen LogP contribution in [0.25, 0.3) is 0 Å². The molecule has 0 aromatic heterocycles. The van der Waals surface area contributed by atoms with Crippen LogP contribution in [-0.2, 0) is 43.6 Å². The molecule has 280 valence electrons. The van der Waals surface area contributed by atoms with Crippen molar-refractivity contribution in [3.63, 3.8) is 0 Å². The third-order valence-corrected chi connectivity index (χ3v) is 9.25. The zero-order chi connectivity index (χ0) is 37.0. The zero-order valence-corrected chi connectivity index (χ0v) is 29.7. The number of benzene rings is 4. The molecule has 53 heavy (non-hydrogen) atoms. The van der Waals surface area contributed by atoms with Crippen LogP contribution >= 0.6 is 0 Å². The fraction of sp³-hybridized carbons (Fsp3) is 0.366. The van der Waals surface area contributed by atoms with Crippen molar-refractivity contribution >= 4 is 17.7 Å². The first-order valence-electron chi connectivity index (χ1n) is 17.7. The molecule has 0 N–H and O–H groups in total. The van der Waals surface area contributed by atoms with Gasteiger partial charge in [-0.15, -0.1) is 0 Å². The third kappa shape index (κ3) is 10.3. The standard InChI is InChI=1S/C41H44F2N2O8/c1-48-19-5-17-45-37-22-30(8-15-38(37)52-28-40(45)46)26-51-39-24-44(41(47)53-25-29-6-3-2-4-7-29)18-16-35(39)31-9-12-34(13-10-31)50-21-20-49-27-32-23-33(42)11-14-36(32)43/h2-4,6-15,22-23,35,39H,5,16-21,24-28H2,1H3. The summed E-state index contributed by atoms with van der Waals surface area (Å²) in [5, 5.41) is 0. The summed E-state index contributed by atoms with van der Waals surface area (Å²) in [6, 6.07) is 26.2. The minimum atomic E-state index is -0.519. The highest BCUT2D eigenvalue weighted by molar-refractivity contribution is 5.97. The number of carbonyl (C=O) groups is 2. The first kappa shape index (κ1) is 37.7. The Morgan fingerprint density at radius 3 is 2.53 bits per heavy atom. The molecule has 6 rings (SSSR count). The Morgan fingerprint density at radius 2 is 1.72 bits per heavy atom. The Bertz CT molecular complexity index is 1810. The molecule has 0 aliphatic carbocycles. The first-order chi connectivity index (χ1) is 25.9. The second-order valence-corrected chi connectivity index (χ2v) is 12.9. The Morgan fingerprint density at radius 1 is 0.887 bits per heavy atom. The summed E-state index contributed by atoms with van der Waals surface area (Å²) in [6.07, 6.45) is 0.583. The number of nitrogens with zero attached hydrogens (tertiary/aromatic N) is 2. The van der Waals surface area contributed by atoms with Crippen molar-refractivity contribution in [2.45, 2.75) is 44.7 Å². The van der Waals surface area contributed by atoms with Crippen LogP contribution in [0.5, 0.6) is 11.5 Å². The highest BCUT2D eigenvalue weighted by Gasteiger charge is 2.34. The maximum absolute atomic E-state index is 13.9. The number of halogens is 2. The van der Waals surface area contributed by atoms with E-state index in [9.17, 15) is 18.4 Å². The quantitative estimate of drug-likeness (QED) is 0.114. The van der Waals surface area contributed by atoms with Gasteiger partial charge in [0.2, 0.25) is 0 Å². The lowest BCUT2D eigenvalue weighted by molar-refractivity contribution is -0.121. The monoisotopic (exact) mass is 730 g/mol. The predicted molar refractivity (Wildman–Crippen MR) is 193 cm³/mol. The van der Waals surface area contributed by atoms with E-state index >= 15 is 0 Å². The van der Waals surface area contributed by atoms with Gasteiger partial charge in [0.15, 0.2) is 6.61 Å². The lowest BCUT2D eigenvalue weighted by Gasteiger charge is -2.38. The summed E-state index contributed by atoms with van der Waals surface area (Å²) in [5.74, 6) is 0.101. The number of fused-ring (bicyclic) bond motifs is 1. The van der Waals surface area contributed by atoms with Gasteiger partial charge in [0, 0.05) is 38.3 Å². The van der Waals surface area contributed by atoms with Crippen molar-refractivity contribution in [2.24, 2.45) is 0 Å². The largest absolute Gasteiger partial charge is 0.491 e. The summed E-state index contributed by atoms with van der Waals surface area (Å²) in [5.41, 5.74) is 3.66. The Kier molecular flexibility index (Phi) is 13.3. The number of amides is 2. The molecule has 1 fully saturated rings. The molecule has 0 saturated carbocycles. The maximum Gasteiger partial charge on any atom is 0.410 e. The zero-order valence-electron chi connectivity index (χ0n) is 29.7. The number of methoxy groups -OCH3 is 1. The van der Waals surface area contributed by atoms with E-state index in [1.165, 1.54) is 0 Å². The molecule has 2 amide bonds. The van der Waals surface area contributed by atoms with E-state index in [-0.39, 0.29) is 63.1 Å². The van der Waals surface area contributed by atoms with E-state index in [1.54, 1.807) is 16.9 Å². The second kappa shape index (κ2) is 18.6. The fourth-order valence-electron chi connectivity index (χ4n) is 6.46. The van der Waals surface area contributed by atoms with Gasteiger partial charge in [-0.05, 0) is 72.0 Å². The van der Waals surface area contributed by atoms with E-state index in [0.29, 0.717) is 56.3 Å². The summed E-state index contributed by atoms with van der Waals surface area (Å²) >= 11 is 0. The van der Waals surface area contributed by atoms with Crippen LogP contribution in [-0.4, -0.2) is 76.2 Å². The molecule has 4 aromatic carbocycles. The predicted octanol–water partition coefficient (Wildman–Crippen LogP) is 7.03. The smallest absolute Gasteiger partial charge is 0.410 e. The van der Waals surface area contributed by atoms with Crippen molar-refractivity contribution in [1.29, 1.82) is 0 Å². The van der Waals surface area contributed by atoms with Gasteiger partial charge in [-0.2, -0.15) is 0 Å². The van der Waals surface area contributed by atoms with Crippen LogP contribution in [0.3, 0.4) is 0 Å². The van der Waals surface area contributed by atoms with Crippen LogP contribution in [0.4, 0.5) is 19.3 Å². The lowest BCUT2D eigenvalue weighted by atomic mass is 9.87. The van der Waals surface area contributed by atoms with Crippen molar-refractivity contribution in [3.05, 3.63) is 125 Å². The highest BCUT2D eigenvalue weighted by Crippen LogP contribution is 2.35. The van der Waals surface area contributed by atoms with Crippen molar-refractivity contribution in [2.75, 3.05) is 58.1 Å². The molecule has 12 heteroatoms. The molecule has 1 saturated heterocycles. The molecular formula is C41H44F2N2O8. The van der Waals surface area contributed by atoms with Crippen molar-refractivity contribution in [1.82, 2.24) is 4.90 Å². The Labute approximate surface area is 308 Å². The molecule has 0 bridgehead atoms.